The van der Waals surface area contributed by atoms with Gasteiger partial charge in [0.2, 0.25) is 0 Å². The third-order valence-electron chi connectivity index (χ3n) is 3.51. The smallest absolute Gasteiger partial charge is 0.00558 e. The van der Waals surface area contributed by atoms with E-state index in [-0.39, 0.29) is 0 Å². The highest BCUT2D eigenvalue weighted by molar-refractivity contribution is 7.99. The lowest BCUT2D eigenvalue weighted by Gasteiger charge is -2.52. The summed E-state index contributed by atoms with van der Waals surface area (Å²) in [7, 11) is 2.27. The van der Waals surface area contributed by atoms with Crippen LogP contribution >= 0.6 is 11.8 Å². The predicted molar refractivity (Wildman–Crippen MR) is 55.7 cm³/mol. The second-order valence-electron chi connectivity index (χ2n) is 4.61. The Morgan fingerprint density at radius 2 is 2.17 bits per heavy atom. The highest BCUT2D eigenvalue weighted by Crippen LogP contribution is 2.51. The summed E-state index contributed by atoms with van der Waals surface area (Å²) in [6, 6.07) is 0. The zero-order valence-electron chi connectivity index (χ0n) is 8.18. The monoisotopic (exact) mass is 185 g/mol. The fourth-order valence-corrected chi connectivity index (χ4v) is 3.90. The van der Waals surface area contributed by atoms with E-state index in [1.165, 1.54) is 38.8 Å². The molecule has 70 valence electrons. The summed E-state index contributed by atoms with van der Waals surface area (Å²) < 4.78 is 0. The van der Waals surface area contributed by atoms with E-state index in [0.717, 1.165) is 10.7 Å². The third-order valence-corrected chi connectivity index (χ3v) is 4.51. The molecule has 0 bridgehead atoms. The summed E-state index contributed by atoms with van der Waals surface area (Å²) in [6.07, 6.45) is 8.15. The van der Waals surface area contributed by atoms with Gasteiger partial charge in [0.1, 0.15) is 0 Å². The van der Waals surface area contributed by atoms with Gasteiger partial charge in [-0.3, -0.25) is 0 Å². The van der Waals surface area contributed by atoms with Crippen LogP contribution in [-0.4, -0.2) is 36.5 Å². The first-order valence-electron chi connectivity index (χ1n) is 4.95. The Morgan fingerprint density at radius 3 is 2.75 bits per heavy atom. The molecule has 0 N–H and O–H groups in total. The van der Waals surface area contributed by atoms with Crippen molar-refractivity contribution in [2.24, 2.45) is 5.41 Å². The molecule has 1 aliphatic heterocycles. The molecule has 1 saturated heterocycles. The maximum atomic E-state index is 2.51. The average molecular weight is 185 g/mol. The molecule has 2 heteroatoms. The SMILES string of the molecule is CSC1CC2(CCCN(C)C2)C1. The highest BCUT2D eigenvalue weighted by atomic mass is 32.2. The van der Waals surface area contributed by atoms with Gasteiger partial charge in [-0.15, -0.1) is 0 Å². The summed E-state index contributed by atoms with van der Waals surface area (Å²) in [6.45, 7) is 2.69. The lowest BCUT2D eigenvalue weighted by atomic mass is 9.64. The van der Waals surface area contributed by atoms with Crippen LogP contribution in [0.15, 0.2) is 0 Å². The molecule has 2 aliphatic rings. The molecule has 1 heterocycles. The van der Waals surface area contributed by atoms with Crippen molar-refractivity contribution in [3.63, 3.8) is 0 Å². The van der Waals surface area contributed by atoms with Crippen LogP contribution in [0.1, 0.15) is 25.7 Å². The minimum Gasteiger partial charge on any atom is -0.306 e. The van der Waals surface area contributed by atoms with Gasteiger partial charge in [-0.05, 0) is 50.9 Å². The van der Waals surface area contributed by atoms with Gasteiger partial charge in [-0.1, -0.05) is 0 Å². The Labute approximate surface area is 79.9 Å². The molecular weight excluding hydrogens is 166 g/mol. The van der Waals surface area contributed by atoms with Crippen LogP contribution < -0.4 is 0 Å². The van der Waals surface area contributed by atoms with Crippen molar-refractivity contribution in [1.82, 2.24) is 4.90 Å². The van der Waals surface area contributed by atoms with Crippen LogP contribution in [0.5, 0.6) is 0 Å². The Kier molecular flexibility index (Phi) is 2.39. The van der Waals surface area contributed by atoms with Crippen LogP contribution in [0.3, 0.4) is 0 Å². The van der Waals surface area contributed by atoms with E-state index in [4.69, 9.17) is 0 Å². The molecule has 0 aromatic rings. The summed E-state index contributed by atoms with van der Waals surface area (Å²) >= 11 is 2.06. The summed E-state index contributed by atoms with van der Waals surface area (Å²) in [4.78, 5) is 2.51. The number of piperidine rings is 1. The predicted octanol–water partition coefficient (Wildman–Crippen LogP) is 2.22. The van der Waals surface area contributed by atoms with E-state index in [0.29, 0.717) is 0 Å². The van der Waals surface area contributed by atoms with E-state index in [9.17, 15) is 0 Å². The van der Waals surface area contributed by atoms with E-state index in [1.54, 1.807) is 0 Å². The molecule has 1 spiro atoms. The molecule has 0 unspecified atom stereocenters. The zero-order valence-corrected chi connectivity index (χ0v) is 8.99. The maximum Gasteiger partial charge on any atom is 0.00558 e. The number of hydrogen-bond donors (Lipinski definition) is 0. The molecule has 12 heavy (non-hydrogen) atoms. The van der Waals surface area contributed by atoms with Crippen LogP contribution in [0.25, 0.3) is 0 Å². The molecule has 1 nitrogen and oxygen atoms in total. The first kappa shape index (κ1) is 8.89. The normalized spacial score (nSPS) is 43.0. The lowest BCUT2D eigenvalue weighted by Crippen LogP contribution is -2.50. The number of likely N-dealkylation sites (tertiary alicyclic amines) is 1. The quantitative estimate of drug-likeness (QED) is 0.616. The van der Waals surface area contributed by atoms with Crippen molar-refractivity contribution in [2.45, 2.75) is 30.9 Å². The van der Waals surface area contributed by atoms with Crippen LogP contribution in [0.2, 0.25) is 0 Å². The van der Waals surface area contributed by atoms with Gasteiger partial charge in [-0.2, -0.15) is 11.8 Å². The van der Waals surface area contributed by atoms with Gasteiger partial charge in [0.25, 0.3) is 0 Å². The number of thioether (sulfide) groups is 1. The van der Waals surface area contributed by atoms with Gasteiger partial charge < -0.3 is 4.90 Å². The number of hydrogen-bond acceptors (Lipinski definition) is 2. The summed E-state index contributed by atoms with van der Waals surface area (Å²) in [5, 5.41) is 0.983. The fraction of sp³-hybridized carbons (Fsp3) is 1.00. The van der Waals surface area contributed by atoms with Crippen LogP contribution in [0.4, 0.5) is 0 Å². The number of nitrogens with zero attached hydrogens (tertiary/aromatic N) is 1. The van der Waals surface area contributed by atoms with Crippen molar-refractivity contribution in [3.05, 3.63) is 0 Å². The average Bonchev–Trinajstić information content (AvgIpc) is 1.99. The minimum absolute atomic E-state index is 0.751. The lowest BCUT2D eigenvalue weighted by molar-refractivity contribution is 0.0383. The Balaban J connectivity index is 1.88. The molecule has 2 rings (SSSR count). The topological polar surface area (TPSA) is 3.24 Å². The summed E-state index contributed by atoms with van der Waals surface area (Å²) in [5.74, 6) is 0. The Bertz CT molecular complexity index is 163. The Morgan fingerprint density at radius 1 is 1.42 bits per heavy atom. The second kappa shape index (κ2) is 3.22. The maximum absolute atomic E-state index is 2.51. The van der Waals surface area contributed by atoms with Crippen LogP contribution in [-0.2, 0) is 0 Å². The fourth-order valence-electron chi connectivity index (χ4n) is 2.86. The highest BCUT2D eigenvalue weighted by Gasteiger charge is 2.45. The largest absolute Gasteiger partial charge is 0.306 e. The van der Waals surface area contributed by atoms with Crippen molar-refractivity contribution in [2.75, 3.05) is 26.4 Å². The molecular formula is C10H19NS. The van der Waals surface area contributed by atoms with Crippen LogP contribution in [0, 0.1) is 5.41 Å². The Hall–Kier alpha value is 0.310. The minimum atomic E-state index is 0.751. The van der Waals surface area contributed by atoms with E-state index >= 15 is 0 Å². The zero-order chi connectivity index (χ0) is 8.60. The molecule has 2 fully saturated rings. The summed E-state index contributed by atoms with van der Waals surface area (Å²) in [5.41, 5.74) is 0.751. The molecule has 1 aliphatic carbocycles. The van der Waals surface area contributed by atoms with Gasteiger partial charge in [0.15, 0.2) is 0 Å². The van der Waals surface area contributed by atoms with Crippen molar-refractivity contribution < 1.29 is 0 Å². The van der Waals surface area contributed by atoms with Gasteiger partial charge in [0.05, 0.1) is 0 Å². The van der Waals surface area contributed by atoms with E-state index < -0.39 is 0 Å². The van der Waals surface area contributed by atoms with Crippen molar-refractivity contribution in [3.8, 4) is 0 Å². The molecule has 0 radical (unpaired) electrons. The van der Waals surface area contributed by atoms with E-state index in [1.807, 2.05) is 0 Å². The van der Waals surface area contributed by atoms with Gasteiger partial charge >= 0.3 is 0 Å². The third kappa shape index (κ3) is 1.51. The molecule has 1 saturated carbocycles. The van der Waals surface area contributed by atoms with Crippen molar-refractivity contribution >= 4 is 11.8 Å². The molecule has 0 aromatic heterocycles. The standard InChI is InChI=1S/C10H19NS/c1-11-5-3-4-10(8-11)6-9(7-10)12-2/h9H,3-8H2,1-2H3. The van der Waals surface area contributed by atoms with Crippen molar-refractivity contribution in [1.29, 1.82) is 0 Å². The van der Waals surface area contributed by atoms with Gasteiger partial charge in [0, 0.05) is 11.8 Å². The second-order valence-corrected chi connectivity index (χ2v) is 5.75. The molecule has 0 amide bonds. The van der Waals surface area contributed by atoms with E-state index in [2.05, 4.69) is 30.0 Å². The number of rotatable bonds is 1. The van der Waals surface area contributed by atoms with Gasteiger partial charge in [-0.25, -0.2) is 0 Å². The first-order chi connectivity index (χ1) is 5.74. The first-order valence-corrected chi connectivity index (χ1v) is 6.24. The molecule has 0 atom stereocenters. The molecule has 0 aromatic carbocycles.